The Morgan fingerprint density at radius 1 is 1.18 bits per heavy atom. The molecule has 1 saturated heterocycles. The van der Waals surface area contributed by atoms with E-state index in [4.69, 9.17) is 20.5 Å². The highest BCUT2D eigenvalue weighted by Crippen LogP contribution is 2.25. The summed E-state index contributed by atoms with van der Waals surface area (Å²) < 4.78 is 10.9. The largest absolute Gasteiger partial charge is 0.468 e. The molecule has 0 spiro atoms. The van der Waals surface area contributed by atoms with Gasteiger partial charge >= 0.3 is 0 Å². The smallest absolute Gasteiger partial charge is 0.273 e. The molecule has 1 unspecified atom stereocenters. The number of piperidine rings is 1. The molecule has 0 radical (unpaired) electrons. The number of hydrogen-bond acceptors (Lipinski definition) is 5. The van der Waals surface area contributed by atoms with Crippen molar-refractivity contribution in [2.24, 2.45) is 0 Å². The molecule has 1 atom stereocenters. The van der Waals surface area contributed by atoms with Crippen molar-refractivity contribution in [1.82, 2.24) is 15.4 Å². The minimum absolute atomic E-state index is 0.0156. The molecule has 3 heterocycles. The van der Waals surface area contributed by atoms with Gasteiger partial charge in [0.05, 0.1) is 12.3 Å². The highest BCUT2D eigenvalue weighted by atomic mass is 35.5. The number of hydrogen-bond donors (Lipinski definition) is 1. The van der Waals surface area contributed by atoms with Crippen molar-refractivity contribution in [2.45, 2.75) is 25.3 Å². The summed E-state index contributed by atoms with van der Waals surface area (Å²) in [6, 6.07) is 12.7. The Kier molecular flexibility index (Phi) is 5.78. The van der Waals surface area contributed by atoms with Crippen LogP contribution >= 0.6 is 11.6 Å². The first-order chi connectivity index (χ1) is 13.7. The number of rotatable bonds is 6. The van der Waals surface area contributed by atoms with Crippen LogP contribution in [0.3, 0.4) is 0 Å². The average Bonchev–Trinajstić information content (AvgIpc) is 3.42. The predicted molar refractivity (Wildman–Crippen MR) is 106 cm³/mol. The average molecular weight is 400 g/mol. The molecule has 6 nitrogen and oxygen atoms in total. The van der Waals surface area contributed by atoms with Crippen LogP contribution in [0.1, 0.15) is 41.6 Å². The van der Waals surface area contributed by atoms with Crippen molar-refractivity contribution in [3.8, 4) is 11.3 Å². The van der Waals surface area contributed by atoms with Crippen LogP contribution < -0.4 is 5.32 Å². The molecule has 146 valence electrons. The van der Waals surface area contributed by atoms with Crippen LogP contribution in [0.25, 0.3) is 11.3 Å². The van der Waals surface area contributed by atoms with Crippen molar-refractivity contribution in [1.29, 1.82) is 0 Å². The van der Waals surface area contributed by atoms with E-state index in [9.17, 15) is 4.79 Å². The van der Waals surface area contributed by atoms with Gasteiger partial charge < -0.3 is 14.3 Å². The van der Waals surface area contributed by atoms with E-state index in [0.717, 1.165) is 24.4 Å². The third-order valence-electron chi connectivity index (χ3n) is 5.03. The van der Waals surface area contributed by atoms with Gasteiger partial charge in [-0.05, 0) is 62.3 Å². The standard InChI is InChI=1S/C21H22ClN3O3/c22-16-8-6-15(7-9-16)20-13-17(24-28-20)21(26)23-14-18(19-5-4-12-27-19)25-10-2-1-3-11-25/h4-9,12-13,18H,1-3,10-11,14H2,(H,23,26). The molecule has 0 aliphatic carbocycles. The normalized spacial score (nSPS) is 16.0. The zero-order valence-electron chi connectivity index (χ0n) is 15.4. The number of carbonyl (C=O) groups is 1. The molecule has 7 heteroatoms. The van der Waals surface area contributed by atoms with Crippen LogP contribution in [0.2, 0.25) is 5.02 Å². The van der Waals surface area contributed by atoms with Gasteiger partial charge in [-0.3, -0.25) is 9.69 Å². The molecular weight excluding hydrogens is 378 g/mol. The first-order valence-corrected chi connectivity index (χ1v) is 9.87. The van der Waals surface area contributed by atoms with Crippen LogP contribution in [-0.2, 0) is 0 Å². The van der Waals surface area contributed by atoms with Gasteiger partial charge in [-0.15, -0.1) is 0 Å². The fourth-order valence-electron chi connectivity index (χ4n) is 3.53. The monoisotopic (exact) mass is 399 g/mol. The van der Waals surface area contributed by atoms with Gasteiger partial charge in [0.2, 0.25) is 0 Å². The summed E-state index contributed by atoms with van der Waals surface area (Å²) in [5.41, 5.74) is 1.07. The second-order valence-electron chi connectivity index (χ2n) is 6.92. The van der Waals surface area contributed by atoms with Crippen molar-refractivity contribution in [3.05, 3.63) is 65.2 Å². The number of carbonyl (C=O) groups excluding carboxylic acids is 1. The summed E-state index contributed by atoms with van der Waals surface area (Å²) >= 11 is 5.91. The summed E-state index contributed by atoms with van der Waals surface area (Å²) in [4.78, 5) is 15.0. The molecule has 3 aromatic rings. The Morgan fingerprint density at radius 3 is 2.68 bits per heavy atom. The number of furan rings is 1. The van der Waals surface area contributed by atoms with Crippen LogP contribution in [0.5, 0.6) is 0 Å². The quantitative estimate of drug-likeness (QED) is 0.658. The van der Waals surface area contributed by atoms with Gasteiger partial charge in [-0.1, -0.05) is 23.2 Å². The van der Waals surface area contributed by atoms with E-state index < -0.39 is 0 Å². The zero-order chi connectivity index (χ0) is 19.3. The number of benzene rings is 1. The summed E-state index contributed by atoms with van der Waals surface area (Å²) in [7, 11) is 0. The Hall–Kier alpha value is -2.57. The molecule has 1 aromatic carbocycles. The molecule has 1 fully saturated rings. The summed E-state index contributed by atoms with van der Waals surface area (Å²) in [6.45, 7) is 2.47. The van der Waals surface area contributed by atoms with E-state index in [1.54, 1.807) is 24.5 Å². The van der Waals surface area contributed by atoms with Gasteiger partial charge in [0.25, 0.3) is 5.91 Å². The van der Waals surface area contributed by atoms with Crippen LogP contribution in [-0.4, -0.2) is 35.6 Å². The van der Waals surface area contributed by atoms with E-state index in [2.05, 4.69) is 15.4 Å². The predicted octanol–water partition coefficient (Wildman–Crippen LogP) is 4.55. The van der Waals surface area contributed by atoms with Crippen LogP contribution in [0, 0.1) is 0 Å². The van der Waals surface area contributed by atoms with E-state index >= 15 is 0 Å². The lowest BCUT2D eigenvalue weighted by Gasteiger charge is -2.33. The van der Waals surface area contributed by atoms with Gasteiger partial charge in [0.15, 0.2) is 11.5 Å². The molecule has 2 aromatic heterocycles. The molecule has 1 aliphatic rings. The number of likely N-dealkylation sites (tertiary alicyclic amines) is 1. The van der Waals surface area contributed by atoms with E-state index in [1.807, 2.05) is 24.3 Å². The third kappa shape index (κ3) is 4.29. The second-order valence-corrected chi connectivity index (χ2v) is 7.36. The number of amides is 1. The number of nitrogens with zero attached hydrogens (tertiary/aromatic N) is 2. The molecule has 4 rings (SSSR count). The summed E-state index contributed by atoms with van der Waals surface area (Å²) in [6.07, 6.45) is 5.25. The highest BCUT2D eigenvalue weighted by Gasteiger charge is 2.25. The molecule has 0 bridgehead atoms. The first-order valence-electron chi connectivity index (χ1n) is 9.49. The van der Waals surface area contributed by atoms with Crippen molar-refractivity contribution in [3.63, 3.8) is 0 Å². The van der Waals surface area contributed by atoms with Crippen molar-refractivity contribution in [2.75, 3.05) is 19.6 Å². The summed E-state index contributed by atoms with van der Waals surface area (Å²) in [5, 5.41) is 7.53. The molecule has 1 aliphatic heterocycles. The Labute approximate surface area is 168 Å². The van der Waals surface area contributed by atoms with E-state index in [1.165, 1.54) is 19.3 Å². The third-order valence-corrected chi connectivity index (χ3v) is 5.28. The Bertz CT molecular complexity index is 899. The van der Waals surface area contributed by atoms with Gasteiger partial charge in [-0.2, -0.15) is 0 Å². The maximum Gasteiger partial charge on any atom is 0.273 e. The summed E-state index contributed by atoms with van der Waals surface area (Å²) in [5.74, 6) is 1.13. The Morgan fingerprint density at radius 2 is 1.96 bits per heavy atom. The molecule has 1 amide bonds. The fraction of sp³-hybridized carbons (Fsp3) is 0.333. The number of aromatic nitrogens is 1. The highest BCUT2D eigenvalue weighted by molar-refractivity contribution is 6.30. The van der Waals surface area contributed by atoms with Gasteiger partial charge in [0, 0.05) is 23.2 Å². The van der Waals surface area contributed by atoms with Crippen LogP contribution in [0.15, 0.2) is 57.7 Å². The number of nitrogens with one attached hydrogen (secondary N) is 1. The minimum atomic E-state index is -0.266. The topological polar surface area (TPSA) is 71.5 Å². The van der Waals surface area contributed by atoms with Gasteiger partial charge in [0.1, 0.15) is 5.76 Å². The maximum atomic E-state index is 12.6. The Balaban J connectivity index is 1.43. The van der Waals surface area contributed by atoms with Crippen molar-refractivity contribution < 1.29 is 13.7 Å². The second kappa shape index (κ2) is 8.63. The number of halogens is 1. The molecule has 0 saturated carbocycles. The first kappa shape index (κ1) is 18.8. The lowest BCUT2D eigenvalue weighted by Crippen LogP contribution is -2.40. The van der Waals surface area contributed by atoms with E-state index in [-0.39, 0.29) is 17.6 Å². The zero-order valence-corrected chi connectivity index (χ0v) is 16.2. The fourth-order valence-corrected chi connectivity index (χ4v) is 3.66. The van der Waals surface area contributed by atoms with Crippen molar-refractivity contribution >= 4 is 17.5 Å². The SMILES string of the molecule is O=C(NCC(c1ccco1)N1CCCCC1)c1cc(-c2ccc(Cl)cc2)on1. The molecule has 1 N–H and O–H groups in total. The molecular formula is C21H22ClN3O3. The maximum absolute atomic E-state index is 12.6. The molecule has 28 heavy (non-hydrogen) atoms. The van der Waals surface area contributed by atoms with Crippen LogP contribution in [0.4, 0.5) is 0 Å². The van der Waals surface area contributed by atoms with E-state index in [0.29, 0.717) is 17.3 Å². The lowest BCUT2D eigenvalue weighted by atomic mass is 10.1. The van der Waals surface area contributed by atoms with Gasteiger partial charge in [-0.25, -0.2) is 0 Å². The lowest BCUT2D eigenvalue weighted by molar-refractivity contribution is 0.0905. The minimum Gasteiger partial charge on any atom is -0.468 e.